The highest BCUT2D eigenvalue weighted by molar-refractivity contribution is 6.35. The first kappa shape index (κ1) is 17.7. The van der Waals surface area contributed by atoms with E-state index in [-0.39, 0.29) is 12.1 Å². The maximum Gasteiger partial charge on any atom is 0.309 e. The smallest absolute Gasteiger partial charge is 0.309 e. The molecule has 6 heteroatoms. The SMILES string of the molecule is CN(C)C(CNC(=O)C(=O)NC1CCCC1)c1ccc2c(c1)CCO2. The van der Waals surface area contributed by atoms with Gasteiger partial charge in [0, 0.05) is 19.0 Å². The van der Waals surface area contributed by atoms with Crippen LogP contribution in [0.5, 0.6) is 5.75 Å². The Labute approximate surface area is 148 Å². The number of likely N-dealkylation sites (N-methyl/N-ethyl adjacent to an activating group) is 1. The Morgan fingerprint density at radius 1 is 1.24 bits per heavy atom. The van der Waals surface area contributed by atoms with Crippen LogP contribution < -0.4 is 15.4 Å². The van der Waals surface area contributed by atoms with E-state index in [9.17, 15) is 9.59 Å². The molecule has 0 spiro atoms. The minimum absolute atomic E-state index is 0.00845. The van der Waals surface area contributed by atoms with Gasteiger partial charge in [0.05, 0.1) is 12.6 Å². The van der Waals surface area contributed by atoms with Crippen molar-refractivity contribution < 1.29 is 14.3 Å². The van der Waals surface area contributed by atoms with Crippen LogP contribution in [0.2, 0.25) is 0 Å². The highest BCUT2D eigenvalue weighted by Crippen LogP contribution is 2.29. The van der Waals surface area contributed by atoms with Gasteiger partial charge in [-0.3, -0.25) is 9.59 Å². The highest BCUT2D eigenvalue weighted by Gasteiger charge is 2.23. The van der Waals surface area contributed by atoms with Crippen LogP contribution in [0.15, 0.2) is 18.2 Å². The van der Waals surface area contributed by atoms with Gasteiger partial charge in [0.25, 0.3) is 0 Å². The van der Waals surface area contributed by atoms with Crippen molar-refractivity contribution in [3.8, 4) is 5.75 Å². The zero-order chi connectivity index (χ0) is 17.8. The number of amides is 2. The molecule has 2 N–H and O–H groups in total. The number of nitrogens with zero attached hydrogens (tertiary/aromatic N) is 1. The third kappa shape index (κ3) is 4.31. The molecule has 0 saturated heterocycles. The Hall–Kier alpha value is -2.08. The van der Waals surface area contributed by atoms with Crippen LogP contribution in [0, 0.1) is 0 Å². The highest BCUT2D eigenvalue weighted by atomic mass is 16.5. The van der Waals surface area contributed by atoms with Gasteiger partial charge >= 0.3 is 11.8 Å². The average Bonchev–Trinajstić information content (AvgIpc) is 3.25. The lowest BCUT2D eigenvalue weighted by atomic mass is 10.0. The summed E-state index contributed by atoms with van der Waals surface area (Å²) in [6.07, 6.45) is 5.10. The first-order chi connectivity index (χ1) is 12.0. The van der Waals surface area contributed by atoms with E-state index in [0.717, 1.165) is 50.0 Å². The predicted octanol–water partition coefficient (Wildman–Crippen LogP) is 1.40. The van der Waals surface area contributed by atoms with E-state index in [4.69, 9.17) is 4.74 Å². The second kappa shape index (κ2) is 7.87. The van der Waals surface area contributed by atoms with Crippen LogP contribution in [0.4, 0.5) is 0 Å². The standard InChI is InChI=1S/C19H27N3O3/c1-22(2)16(13-7-8-17-14(11-13)9-10-25-17)12-20-18(23)19(24)21-15-5-3-4-6-15/h7-8,11,15-16H,3-6,9-10,12H2,1-2H3,(H,20,23)(H,21,24). The lowest BCUT2D eigenvalue weighted by molar-refractivity contribution is -0.139. The van der Waals surface area contributed by atoms with E-state index in [0.29, 0.717) is 6.54 Å². The van der Waals surface area contributed by atoms with Crippen LogP contribution in [-0.4, -0.2) is 50.0 Å². The zero-order valence-corrected chi connectivity index (χ0v) is 15.0. The van der Waals surface area contributed by atoms with Gasteiger partial charge < -0.3 is 20.3 Å². The third-order valence-corrected chi connectivity index (χ3v) is 5.07. The number of fused-ring (bicyclic) bond motifs is 1. The first-order valence-electron chi connectivity index (χ1n) is 9.05. The fraction of sp³-hybridized carbons (Fsp3) is 0.579. The number of hydrogen-bond acceptors (Lipinski definition) is 4. The molecule has 1 unspecified atom stereocenters. The van der Waals surface area contributed by atoms with Gasteiger partial charge in [0.1, 0.15) is 5.75 Å². The summed E-state index contributed by atoms with van der Waals surface area (Å²) in [4.78, 5) is 26.2. The number of carbonyl (C=O) groups is 2. The van der Waals surface area contributed by atoms with E-state index in [1.807, 2.05) is 31.1 Å². The number of ether oxygens (including phenoxy) is 1. The molecule has 1 aliphatic carbocycles. The van der Waals surface area contributed by atoms with Crippen LogP contribution in [-0.2, 0) is 16.0 Å². The van der Waals surface area contributed by atoms with E-state index in [1.54, 1.807) is 0 Å². The number of hydrogen-bond donors (Lipinski definition) is 2. The van der Waals surface area contributed by atoms with Crippen LogP contribution in [0.1, 0.15) is 42.9 Å². The summed E-state index contributed by atoms with van der Waals surface area (Å²) in [6.45, 7) is 1.12. The second-order valence-electron chi connectivity index (χ2n) is 7.11. The quantitative estimate of drug-likeness (QED) is 0.792. The van der Waals surface area contributed by atoms with Gasteiger partial charge in [-0.2, -0.15) is 0 Å². The Balaban J connectivity index is 1.58. The maximum atomic E-state index is 12.1. The fourth-order valence-electron chi connectivity index (χ4n) is 3.60. The molecule has 1 atom stereocenters. The molecule has 1 aromatic rings. The first-order valence-corrected chi connectivity index (χ1v) is 9.05. The Bertz CT molecular complexity index is 639. The van der Waals surface area contributed by atoms with Crippen LogP contribution in [0.3, 0.4) is 0 Å². The van der Waals surface area contributed by atoms with Gasteiger partial charge in [-0.15, -0.1) is 0 Å². The molecule has 1 saturated carbocycles. The molecular weight excluding hydrogens is 318 g/mol. The molecule has 1 aromatic carbocycles. The average molecular weight is 345 g/mol. The monoisotopic (exact) mass is 345 g/mol. The molecule has 1 fully saturated rings. The number of rotatable bonds is 5. The van der Waals surface area contributed by atoms with Crippen LogP contribution >= 0.6 is 0 Å². The molecule has 0 aromatic heterocycles. The van der Waals surface area contributed by atoms with Crippen molar-refractivity contribution in [2.75, 3.05) is 27.2 Å². The van der Waals surface area contributed by atoms with Crippen molar-refractivity contribution in [2.45, 2.75) is 44.2 Å². The van der Waals surface area contributed by atoms with Gasteiger partial charge in [-0.25, -0.2) is 0 Å². The Kier molecular flexibility index (Phi) is 5.58. The molecule has 2 amide bonds. The van der Waals surface area contributed by atoms with E-state index >= 15 is 0 Å². The fourth-order valence-corrected chi connectivity index (χ4v) is 3.60. The van der Waals surface area contributed by atoms with Crippen molar-refractivity contribution in [1.82, 2.24) is 15.5 Å². The number of carbonyl (C=O) groups excluding carboxylic acids is 2. The lowest BCUT2D eigenvalue weighted by Gasteiger charge is -2.25. The van der Waals surface area contributed by atoms with Crippen molar-refractivity contribution >= 4 is 11.8 Å². The molecular formula is C19H27N3O3. The summed E-state index contributed by atoms with van der Waals surface area (Å²) in [6, 6.07) is 6.31. The Morgan fingerprint density at radius 3 is 2.72 bits per heavy atom. The normalized spacial score (nSPS) is 17.9. The van der Waals surface area contributed by atoms with Crippen LogP contribution in [0.25, 0.3) is 0 Å². The lowest BCUT2D eigenvalue weighted by Crippen LogP contribution is -2.45. The number of benzene rings is 1. The summed E-state index contributed by atoms with van der Waals surface area (Å²) in [5.41, 5.74) is 2.32. The summed E-state index contributed by atoms with van der Waals surface area (Å²) in [5.74, 6) is -0.128. The van der Waals surface area contributed by atoms with Crippen molar-refractivity contribution in [1.29, 1.82) is 0 Å². The second-order valence-corrected chi connectivity index (χ2v) is 7.11. The molecule has 0 bridgehead atoms. The van der Waals surface area contributed by atoms with E-state index < -0.39 is 11.8 Å². The summed E-state index contributed by atoms with van der Waals surface area (Å²) >= 11 is 0. The van der Waals surface area contributed by atoms with Gasteiger partial charge in [0.15, 0.2) is 0 Å². The van der Waals surface area contributed by atoms with Gasteiger partial charge in [-0.1, -0.05) is 25.0 Å². The predicted molar refractivity (Wildman–Crippen MR) is 95.5 cm³/mol. The molecule has 0 radical (unpaired) electrons. The third-order valence-electron chi connectivity index (χ3n) is 5.07. The molecule has 3 rings (SSSR count). The van der Waals surface area contributed by atoms with Gasteiger partial charge in [-0.05, 0) is 44.1 Å². The van der Waals surface area contributed by atoms with Crippen molar-refractivity contribution in [3.05, 3.63) is 29.3 Å². The zero-order valence-electron chi connectivity index (χ0n) is 15.0. The van der Waals surface area contributed by atoms with E-state index in [1.165, 1.54) is 5.56 Å². The minimum Gasteiger partial charge on any atom is -0.493 e. The van der Waals surface area contributed by atoms with Gasteiger partial charge in [0.2, 0.25) is 0 Å². The molecule has 6 nitrogen and oxygen atoms in total. The molecule has 136 valence electrons. The van der Waals surface area contributed by atoms with Crippen molar-refractivity contribution in [2.24, 2.45) is 0 Å². The maximum absolute atomic E-state index is 12.1. The molecule has 1 heterocycles. The summed E-state index contributed by atoms with van der Waals surface area (Å²) < 4.78 is 5.55. The number of nitrogens with one attached hydrogen (secondary N) is 2. The summed E-state index contributed by atoms with van der Waals surface area (Å²) in [5, 5.41) is 5.60. The summed E-state index contributed by atoms with van der Waals surface area (Å²) in [7, 11) is 3.94. The van der Waals surface area contributed by atoms with E-state index in [2.05, 4.69) is 16.7 Å². The molecule has 25 heavy (non-hydrogen) atoms. The minimum atomic E-state index is -0.553. The topological polar surface area (TPSA) is 70.7 Å². The molecule has 2 aliphatic rings. The Morgan fingerprint density at radius 2 is 2.00 bits per heavy atom. The van der Waals surface area contributed by atoms with Crippen molar-refractivity contribution in [3.63, 3.8) is 0 Å². The largest absolute Gasteiger partial charge is 0.493 e. The molecule has 1 aliphatic heterocycles.